The second-order valence-corrected chi connectivity index (χ2v) is 7.13. The molecule has 2 rings (SSSR count). The third-order valence-electron chi connectivity index (χ3n) is 3.60. The number of hydrogen-bond donors (Lipinski definition) is 1. The molecule has 0 radical (unpaired) electrons. The summed E-state index contributed by atoms with van der Waals surface area (Å²) in [4.78, 5) is 1.40. The number of thiophene rings is 1. The molecule has 1 aromatic rings. The Morgan fingerprint density at radius 2 is 2.25 bits per heavy atom. The van der Waals surface area contributed by atoms with E-state index in [1.807, 2.05) is 0 Å². The van der Waals surface area contributed by atoms with Gasteiger partial charge in [-0.1, -0.05) is 32.4 Å². The molecule has 0 saturated heterocycles. The van der Waals surface area contributed by atoms with Gasteiger partial charge in [-0.3, -0.25) is 0 Å². The van der Waals surface area contributed by atoms with Gasteiger partial charge in [0.15, 0.2) is 0 Å². The van der Waals surface area contributed by atoms with Crippen LogP contribution in [0.3, 0.4) is 0 Å². The Morgan fingerprint density at radius 1 is 1.62 bits per heavy atom. The van der Waals surface area contributed by atoms with Crippen LogP contribution in [0.15, 0.2) is 6.07 Å². The molecular formula is C13H20ClNS. The van der Waals surface area contributed by atoms with E-state index in [0.29, 0.717) is 11.5 Å². The van der Waals surface area contributed by atoms with E-state index >= 15 is 0 Å². The predicted molar refractivity (Wildman–Crippen MR) is 72.4 cm³/mol. The first-order valence-electron chi connectivity index (χ1n) is 5.95. The Kier molecular flexibility index (Phi) is 3.35. The lowest BCUT2D eigenvalue weighted by atomic mass is 10.0. The fourth-order valence-corrected chi connectivity index (χ4v) is 3.73. The van der Waals surface area contributed by atoms with Crippen LogP contribution in [0.5, 0.6) is 0 Å². The molecule has 1 aliphatic carbocycles. The van der Waals surface area contributed by atoms with Crippen molar-refractivity contribution >= 4 is 22.9 Å². The van der Waals surface area contributed by atoms with Crippen LogP contribution in [-0.4, -0.2) is 6.54 Å². The van der Waals surface area contributed by atoms with Crippen LogP contribution >= 0.6 is 22.9 Å². The molecule has 1 fully saturated rings. The van der Waals surface area contributed by atoms with Crippen LogP contribution in [0.2, 0.25) is 4.34 Å². The van der Waals surface area contributed by atoms with Gasteiger partial charge in [0, 0.05) is 10.9 Å². The van der Waals surface area contributed by atoms with Gasteiger partial charge in [0.1, 0.15) is 0 Å². The Labute approximate surface area is 107 Å². The van der Waals surface area contributed by atoms with E-state index in [2.05, 4.69) is 39.1 Å². The van der Waals surface area contributed by atoms with E-state index in [-0.39, 0.29) is 0 Å². The maximum Gasteiger partial charge on any atom is 0.0960 e. The first-order chi connectivity index (χ1) is 7.45. The van der Waals surface area contributed by atoms with E-state index in [0.717, 1.165) is 16.8 Å². The standard InChI is InChI=1S/C13H20ClNS/c1-5-15-11(9-7-13(9,3)4)10-6-8(2)12(14)16-10/h6,9,11,15H,5,7H2,1-4H3. The van der Waals surface area contributed by atoms with E-state index in [4.69, 9.17) is 11.6 Å². The number of nitrogens with one attached hydrogen (secondary N) is 1. The van der Waals surface area contributed by atoms with E-state index in [9.17, 15) is 0 Å². The lowest BCUT2D eigenvalue weighted by Crippen LogP contribution is -2.23. The Balaban J connectivity index is 2.20. The summed E-state index contributed by atoms with van der Waals surface area (Å²) >= 11 is 7.89. The smallest absolute Gasteiger partial charge is 0.0960 e. The lowest BCUT2D eigenvalue weighted by Gasteiger charge is -2.18. The first-order valence-corrected chi connectivity index (χ1v) is 7.14. The van der Waals surface area contributed by atoms with Crippen LogP contribution < -0.4 is 5.32 Å². The molecule has 0 spiro atoms. The molecule has 2 atom stereocenters. The third kappa shape index (κ3) is 2.29. The average Bonchev–Trinajstić information content (AvgIpc) is 2.69. The SMILES string of the molecule is CCNC(c1cc(C)c(Cl)s1)C1CC1(C)C. The van der Waals surface area contributed by atoms with Gasteiger partial charge in [0.2, 0.25) is 0 Å². The van der Waals surface area contributed by atoms with Crippen molar-refractivity contribution in [2.24, 2.45) is 11.3 Å². The Hall–Kier alpha value is -0.0500. The van der Waals surface area contributed by atoms with Crippen molar-refractivity contribution in [2.75, 3.05) is 6.54 Å². The van der Waals surface area contributed by atoms with Crippen LogP contribution in [0.25, 0.3) is 0 Å². The number of aryl methyl sites for hydroxylation is 1. The van der Waals surface area contributed by atoms with Crippen molar-refractivity contribution in [3.8, 4) is 0 Å². The number of halogens is 1. The molecule has 0 aliphatic heterocycles. The van der Waals surface area contributed by atoms with Crippen LogP contribution in [-0.2, 0) is 0 Å². The van der Waals surface area contributed by atoms with Gasteiger partial charge in [0.05, 0.1) is 4.34 Å². The fourth-order valence-electron chi connectivity index (χ4n) is 2.37. The summed E-state index contributed by atoms with van der Waals surface area (Å²) < 4.78 is 0.941. The van der Waals surface area contributed by atoms with Gasteiger partial charge in [-0.25, -0.2) is 0 Å². The van der Waals surface area contributed by atoms with Crippen LogP contribution in [0, 0.1) is 18.3 Å². The molecule has 0 bridgehead atoms. The van der Waals surface area contributed by atoms with E-state index in [1.54, 1.807) is 11.3 Å². The molecular weight excluding hydrogens is 238 g/mol. The largest absolute Gasteiger partial charge is 0.309 e. The van der Waals surface area contributed by atoms with E-state index in [1.165, 1.54) is 16.9 Å². The summed E-state index contributed by atoms with van der Waals surface area (Å²) in [6.07, 6.45) is 1.32. The summed E-state index contributed by atoms with van der Waals surface area (Å²) in [5, 5.41) is 3.61. The summed E-state index contributed by atoms with van der Waals surface area (Å²) in [7, 11) is 0. The van der Waals surface area contributed by atoms with Crippen molar-refractivity contribution in [1.82, 2.24) is 5.32 Å². The second-order valence-electron chi connectivity index (χ2n) is 5.44. The fraction of sp³-hybridized carbons (Fsp3) is 0.692. The zero-order valence-electron chi connectivity index (χ0n) is 10.4. The summed E-state index contributed by atoms with van der Waals surface area (Å²) in [5.74, 6) is 0.765. The lowest BCUT2D eigenvalue weighted by molar-refractivity contribution is 0.428. The minimum absolute atomic E-state index is 0.496. The molecule has 1 aromatic heterocycles. The van der Waals surface area contributed by atoms with Crippen molar-refractivity contribution in [2.45, 2.75) is 40.2 Å². The van der Waals surface area contributed by atoms with Crippen molar-refractivity contribution in [3.05, 3.63) is 20.8 Å². The molecule has 0 amide bonds. The Morgan fingerprint density at radius 3 is 2.62 bits per heavy atom. The number of hydrogen-bond acceptors (Lipinski definition) is 2. The maximum absolute atomic E-state index is 6.16. The Bertz CT molecular complexity index is 364. The molecule has 1 saturated carbocycles. The maximum atomic E-state index is 6.16. The van der Waals surface area contributed by atoms with Crippen molar-refractivity contribution in [1.29, 1.82) is 0 Å². The highest BCUT2D eigenvalue weighted by atomic mass is 35.5. The highest BCUT2D eigenvalue weighted by Crippen LogP contribution is 2.58. The number of rotatable bonds is 4. The topological polar surface area (TPSA) is 12.0 Å². The monoisotopic (exact) mass is 257 g/mol. The molecule has 1 nitrogen and oxygen atoms in total. The average molecular weight is 258 g/mol. The van der Waals surface area contributed by atoms with Crippen LogP contribution in [0.1, 0.15) is 43.7 Å². The first kappa shape index (κ1) is 12.4. The van der Waals surface area contributed by atoms with Gasteiger partial charge in [0.25, 0.3) is 0 Å². The van der Waals surface area contributed by atoms with Crippen molar-refractivity contribution in [3.63, 3.8) is 0 Å². The summed E-state index contributed by atoms with van der Waals surface area (Å²) in [5.41, 5.74) is 1.71. The molecule has 2 unspecified atom stereocenters. The van der Waals surface area contributed by atoms with Gasteiger partial charge in [-0.05, 0) is 42.9 Å². The minimum atomic E-state index is 0.496. The second kappa shape index (κ2) is 4.32. The van der Waals surface area contributed by atoms with Crippen molar-refractivity contribution < 1.29 is 0 Å². The van der Waals surface area contributed by atoms with Gasteiger partial charge < -0.3 is 5.32 Å². The predicted octanol–water partition coefficient (Wildman–Crippen LogP) is 4.41. The van der Waals surface area contributed by atoms with Crippen LogP contribution in [0.4, 0.5) is 0 Å². The van der Waals surface area contributed by atoms with Gasteiger partial charge in [-0.15, -0.1) is 11.3 Å². The molecule has 90 valence electrons. The highest BCUT2D eigenvalue weighted by molar-refractivity contribution is 7.16. The molecule has 16 heavy (non-hydrogen) atoms. The highest BCUT2D eigenvalue weighted by Gasteiger charge is 2.50. The summed E-state index contributed by atoms with van der Waals surface area (Å²) in [6, 6.07) is 2.74. The molecule has 3 heteroatoms. The third-order valence-corrected chi connectivity index (χ3v) is 5.24. The minimum Gasteiger partial charge on any atom is -0.309 e. The van der Waals surface area contributed by atoms with Gasteiger partial charge >= 0.3 is 0 Å². The van der Waals surface area contributed by atoms with Gasteiger partial charge in [-0.2, -0.15) is 0 Å². The molecule has 1 aliphatic rings. The quantitative estimate of drug-likeness (QED) is 0.843. The zero-order valence-corrected chi connectivity index (χ0v) is 12.0. The normalized spacial score (nSPS) is 24.4. The molecule has 1 N–H and O–H groups in total. The zero-order chi connectivity index (χ0) is 11.9. The summed E-state index contributed by atoms with van der Waals surface area (Å²) in [6.45, 7) is 9.98. The van der Waals surface area contributed by atoms with E-state index < -0.39 is 0 Å². The molecule has 1 heterocycles. The molecule has 0 aromatic carbocycles.